The molecule has 0 aliphatic heterocycles. The molecule has 0 aromatic heterocycles. The lowest BCUT2D eigenvalue weighted by Crippen LogP contribution is -2.45. The maximum Gasteiger partial charge on any atom is 0.311 e. The zero-order chi connectivity index (χ0) is 13.1. The third kappa shape index (κ3) is 2.68. The Morgan fingerprint density at radius 3 is 2.24 bits per heavy atom. The molecule has 0 fully saturated rings. The van der Waals surface area contributed by atoms with Crippen LogP contribution in [0.5, 0.6) is 0 Å². The Kier molecular flexibility index (Phi) is 4.32. The number of nitrogens with one attached hydrogen (secondary N) is 1. The second-order valence-corrected chi connectivity index (χ2v) is 5.14. The summed E-state index contributed by atoms with van der Waals surface area (Å²) in [5.74, 6) is -1.18. The van der Waals surface area contributed by atoms with Crippen molar-refractivity contribution in [3.8, 4) is 0 Å². The number of carbonyl (C=O) groups is 2. The molecule has 17 heavy (non-hydrogen) atoms. The van der Waals surface area contributed by atoms with Crippen LogP contribution in [0.4, 0.5) is 0 Å². The van der Waals surface area contributed by atoms with Gasteiger partial charge >= 0.3 is 5.97 Å². The number of amides is 1. The summed E-state index contributed by atoms with van der Waals surface area (Å²) in [6.07, 6.45) is 5.24. The Balaban J connectivity index is 3.01. The summed E-state index contributed by atoms with van der Waals surface area (Å²) in [6, 6.07) is 0. The van der Waals surface area contributed by atoms with E-state index in [2.05, 4.69) is 5.32 Å². The standard InChI is InChI=1S/C13H21NO3/c1-9(2)8-10(11(15)14-3)13(12(16)17)6-4-5-7-13/h4-5,9-10H,6-8H2,1-3H3,(H,14,15)(H,16,17). The second-order valence-electron chi connectivity index (χ2n) is 5.14. The van der Waals surface area contributed by atoms with E-state index in [4.69, 9.17) is 0 Å². The molecule has 2 N–H and O–H groups in total. The van der Waals surface area contributed by atoms with Crippen LogP contribution in [0.25, 0.3) is 0 Å². The normalized spacial score (nSPS) is 19.3. The topological polar surface area (TPSA) is 66.4 Å². The fourth-order valence-corrected chi connectivity index (χ4v) is 2.51. The molecular formula is C13H21NO3. The molecule has 0 saturated heterocycles. The SMILES string of the molecule is CNC(=O)C(CC(C)C)C1(C(=O)O)CC=CC1. The lowest BCUT2D eigenvalue weighted by atomic mass is 9.69. The summed E-state index contributed by atoms with van der Waals surface area (Å²) in [4.78, 5) is 23.5. The largest absolute Gasteiger partial charge is 0.481 e. The van der Waals surface area contributed by atoms with Gasteiger partial charge in [0, 0.05) is 7.05 Å². The Morgan fingerprint density at radius 2 is 1.88 bits per heavy atom. The fourth-order valence-electron chi connectivity index (χ4n) is 2.51. The van der Waals surface area contributed by atoms with E-state index in [0.717, 1.165) is 0 Å². The van der Waals surface area contributed by atoms with E-state index in [0.29, 0.717) is 25.2 Å². The molecule has 0 aromatic carbocycles. The highest BCUT2D eigenvalue weighted by molar-refractivity contribution is 5.87. The van der Waals surface area contributed by atoms with Crippen molar-refractivity contribution in [2.45, 2.75) is 33.1 Å². The predicted octanol–water partition coefficient (Wildman–Crippen LogP) is 1.82. The fraction of sp³-hybridized carbons (Fsp3) is 0.692. The molecule has 1 atom stereocenters. The molecule has 1 rings (SSSR count). The molecule has 4 nitrogen and oxygen atoms in total. The smallest absolute Gasteiger partial charge is 0.311 e. The number of hydrogen-bond donors (Lipinski definition) is 2. The van der Waals surface area contributed by atoms with E-state index < -0.39 is 17.3 Å². The van der Waals surface area contributed by atoms with Gasteiger partial charge in [-0.3, -0.25) is 9.59 Å². The highest BCUT2D eigenvalue weighted by atomic mass is 16.4. The first-order valence-corrected chi connectivity index (χ1v) is 6.04. The van der Waals surface area contributed by atoms with Crippen molar-refractivity contribution in [3.05, 3.63) is 12.2 Å². The number of hydrogen-bond acceptors (Lipinski definition) is 2. The Labute approximate surface area is 102 Å². The monoisotopic (exact) mass is 239 g/mol. The van der Waals surface area contributed by atoms with Crippen molar-refractivity contribution in [2.75, 3.05) is 7.05 Å². The van der Waals surface area contributed by atoms with Gasteiger partial charge in [-0.2, -0.15) is 0 Å². The van der Waals surface area contributed by atoms with Gasteiger partial charge in [0.2, 0.25) is 5.91 Å². The van der Waals surface area contributed by atoms with Gasteiger partial charge in [-0.05, 0) is 25.2 Å². The Morgan fingerprint density at radius 1 is 1.35 bits per heavy atom. The number of rotatable bonds is 5. The summed E-state index contributed by atoms with van der Waals surface area (Å²) < 4.78 is 0. The summed E-state index contributed by atoms with van der Waals surface area (Å²) in [7, 11) is 1.56. The number of aliphatic carboxylic acids is 1. The molecule has 0 spiro atoms. The van der Waals surface area contributed by atoms with Gasteiger partial charge in [-0.25, -0.2) is 0 Å². The van der Waals surface area contributed by atoms with Crippen LogP contribution in [-0.2, 0) is 9.59 Å². The maximum absolute atomic E-state index is 11.9. The third-order valence-electron chi connectivity index (χ3n) is 3.49. The number of carboxylic acids is 1. The van der Waals surface area contributed by atoms with Crippen LogP contribution in [-0.4, -0.2) is 24.0 Å². The minimum Gasteiger partial charge on any atom is -0.481 e. The lowest BCUT2D eigenvalue weighted by molar-refractivity contribution is -0.156. The lowest BCUT2D eigenvalue weighted by Gasteiger charge is -2.33. The van der Waals surface area contributed by atoms with E-state index in [1.165, 1.54) is 0 Å². The molecule has 1 aliphatic carbocycles. The van der Waals surface area contributed by atoms with Gasteiger partial charge < -0.3 is 10.4 Å². The van der Waals surface area contributed by atoms with Gasteiger partial charge in [0.25, 0.3) is 0 Å². The van der Waals surface area contributed by atoms with Crippen LogP contribution in [0.2, 0.25) is 0 Å². The number of carbonyl (C=O) groups excluding carboxylic acids is 1. The van der Waals surface area contributed by atoms with Gasteiger partial charge in [-0.15, -0.1) is 0 Å². The molecule has 1 amide bonds. The van der Waals surface area contributed by atoms with Crippen molar-refractivity contribution in [1.29, 1.82) is 0 Å². The van der Waals surface area contributed by atoms with Gasteiger partial charge in [-0.1, -0.05) is 26.0 Å². The molecule has 1 unspecified atom stereocenters. The van der Waals surface area contributed by atoms with Crippen molar-refractivity contribution >= 4 is 11.9 Å². The van der Waals surface area contributed by atoms with Crippen LogP contribution in [0.1, 0.15) is 33.1 Å². The third-order valence-corrected chi connectivity index (χ3v) is 3.49. The highest BCUT2D eigenvalue weighted by Gasteiger charge is 2.49. The Hall–Kier alpha value is -1.32. The Bertz CT molecular complexity index is 326. The number of allylic oxidation sites excluding steroid dienone is 2. The van der Waals surface area contributed by atoms with E-state index in [1.54, 1.807) is 7.05 Å². The van der Waals surface area contributed by atoms with Gasteiger partial charge in [0.05, 0.1) is 11.3 Å². The van der Waals surface area contributed by atoms with Gasteiger partial charge in [0.1, 0.15) is 0 Å². The highest BCUT2D eigenvalue weighted by Crippen LogP contribution is 2.43. The summed E-state index contributed by atoms with van der Waals surface area (Å²) in [5, 5.41) is 12.1. The van der Waals surface area contributed by atoms with Crippen LogP contribution in [0, 0.1) is 17.3 Å². The summed E-state index contributed by atoms with van der Waals surface area (Å²) in [6.45, 7) is 4.02. The summed E-state index contributed by atoms with van der Waals surface area (Å²) >= 11 is 0. The van der Waals surface area contributed by atoms with Crippen molar-refractivity contribution in [1.82, 2.24) is 5.32 Å². The first-order valence-electron chi connectivity index (χ1n) is 6.04. The zero-order valence-corrected chi connectivity index (χ0v) is 10.7. The quantitative estimate of drug-likeness (QED) is 0.719. The molecule has 0 bridgehead atoms. The first kappa shape index (κ1) is 13.7. The average Bonchev–Trinajstić information content (AvgIpc) is 2.74. The molecule has 0 saturated carbocycles. The second kappa shape index (κ2) is 5.34. The number of carboxylic acid groups (broad SMARTS) is 1. The molecule has 1 aliphatic rings. The molecule has 0 heterocycles. The van der Waals surface area contributed by atoms with Crippen molar-refractivity contribution in [2.24, 2.45) is 17.3 Å². The van der Waals surface area contributed by atoms with Crippen molar-refractivity contribution < 1.29 is 14.7 Å². The molecular weight excluding hydrogens is 218 g/mol. The van der Waals surface area contributed by atoms with E-state index in [1.807, 2.05) is 26.0 Å². The average molecular weight is 239 g/mol. The molecule has 0 aromatic rings. The summed E-state index contributed by atoms with van der Waals surface area (Å²) in [5.41, 5.74) is -0.940. The van der Waals surface area contributed by atoms with E-state index >= 15 is 0 Å². The van der Waals surface area contributed by atoms with Crippen LogP contribution >= 0.6 is 0 Å². The zero-order valence-electron chi connectivity index (χ0n) is 10.7. The van der Waals surface area contributed by atoms with Crippen LogP contribution in [0.3, 0.4) is 0 Å². The molecule has 4 heteroatoms. The maximum atomic E-state index is 11.9. The molecule has 0 radical (unpaired) electrons. The van der Waals surface area contributed by atoms with Crippen molar-refractivity contribution in [3.63, 3.8) is 0 Å². The van der Waals surface area contributed by atoms with Crippen LogP contribution < -0.4 is 5.32 Å². The first-order chi connectivity index (χ1) is 7.94. The van der Waals surface area contributed by atoms with Gasteiger partial charge in [0.15, 0.2) is 0 Å². The van der Waals surface area contributed by atoms with E-state index in [-0.39, 0.29) is 5.91 Å². The molecule has 96 valence electrons. The predicted molar refractivity (Wildman–Crippen MR) is 65.5 cm³/mol. The minimum atomic E-state index is -0.940. The van der Waals surface area contributed by atoms with Crippen LogP contribution in [0.15, 0.2) is 12.2 Å². The van der Waals surface area contributed by atoms with E-state index in [9.17, 15) is 14.7 Å². The minimum absolute atomic E-state index is 0.162.